The van der Waals surface area contributed by atoms with Gasteiger partial charge in [-0.25, -0.2) is 4.98 Å². The van der Waals surface area contributed by atoms with Crippen molar-refractivity contribution < 1.29 is 4.74 Å². The van der Waals surface area contributed by atoms with Gasteiger partial charge in [0.05, 0.1) is 12.7 Å². The lowest BCUT2D eigenvalue weighted by atomic mass is 10.2. The number of aromatic nitrogens is 2. The molecule has 3 rings (SSSR count). The van der Waals surface area contributed by atoms with Gasteiger partial charge in [0.1, 0.15) is 5.82 Å². The van der Waals surface area contributed by atoms with Crippen molar-refractivity contribution in [3.63, 3.8) is 0 Å². The van der Waals surface area contributed by atoms with Crippen molar-refractivity contribution in [2.45, 2.75) is 32.3 Å². The van der Waals surface area contributed by atoms with Gasteiger partial charge in [0.15, 0.2) is 0 Å². The van der Waals surface area contributed by atoms with Crippen LogP contribution in [0.25, 0.3) is 0 Å². The van der Waals surface area contributed by atoms with Crippen LogP contribution in [-0.2, 0) is 11.2 Å². The molecule has 112 valence electrons. The van der Waals surface area contributed by atoms with E-state index in [-0.39, 0.29) is 0 Å². The Morgan fingerprint density at radius 1 is 1.40 bits per heavy atom. The smallest absolute Gasteiger partial charge is 0.205 e. The first-order valence-corrected chi connectivity index (χ1v) is 8.39. The van der Waals surface area contributed by atoms with Gasteiger partial charge in [0.25, 0.3) is 0 Å². The molecular weight excluding hydrogens is 272 g/mol. The summed E-state index contributed by atoms with van der Waals surface area (Å²) in [4.78, 5) is 9.41. The number of aryl methyl sites for hydroxylation is 1. The minimum absolute atomic E-state index is 0.293. The van der Waals surface area contributed by atoms with Crippen LogP contribution in [0.2, 0.25) is 0 Å². The van der Waals surface area contributed by atoms with Crippen molar-refractivity contribution in [1.29, 1.82) is 0 Å². The van der Waals surface area contributed by atoms with E-state index < -0.39 is 0 Å². The zero-order valence-corrected chi connectivity index (χ0v) is 13.2. The maximum atomic E-state index is 5.91. The monoisotopic (exact) mass is 296 g/mol. The summed E-state index contributed by atoms with van der Waals surface area (Å²) in [5, 5.41) is 1.07. The Morgan fingerprint density at radius 3 is 2.90 bits per heavy atom. The number of morpholine rings is 1. The molecule has 0 aromatic carbocycles. The Bertz CT molecular complexity index is 435. The number of ether oxygens (including phenoxy) is 1. The molecule has 1 aromatic rings. The van der Waals surface area contributed by atoms with Crippen LogP contribution in [0.1, 0.15) is 25.6 Å². The van der Waals surface area contributed by atoms with Crippen LogP contribution in [0, 0.1) is 5.92 Å². The maximum absolute atomic E-state index is 5.91. The van der Waals surface area contributed by atoms with Crippen molar-refractivity contribution in [2.24, 2.45) is 5.92 Å². The lowest BCUT2D eigenvalue weighted by Crippen LogP contribution is -2.46. The fourth-order valence-corrected chi connectivity index (χ4v) is 3.35. The number of rotatable bonds is 6. The molecule has 0 amide bonds. The van der Waals surface area contributed by atoms with Gasteiger partial charge in [0.2, 0.25) is 5.13 Å². The van der Waals surface area contributed by atoms with E-state index >= 15 is 0 Å². The predicted molar refractivity (Wildman–Crippen MR) is 81.5 cm³/mol. The zero-order valence-electron chi connectivity index (χ0n) is 12.4. The van der Waals surface area contributed by atoms with E-state index in [1.54, 1.807) is 0 Å². The predicted octanol–water partition coefficient (Wildman–Crippen LogP) is 1.65. The van der Waals surface area contributed by atoms with E-state index in [9.17, 15) is 0 Å². The van der Waals surface area contributed by atoms with E-state index in [1.165, 1.54) is 24.4 Å². The molecule has 1 aliphatic heterocycles. The third-order valence-electron chi connectivity index (χ3n) is 3.99. The van der Waals surface area contributed by atoms with E-state index in [2.05, 4.69) is 33.1 Å². The van der Waals surface area contributed by atoms with Gasteiger partial charge >= 0.3 is 0 Å². The van der Waals surface area contributed by atoms with Crippen molar-refractivity contribution in [1.82, 2.24) is 14.3 Å². The topological polar surface area (TPSA) is 41.5 Å². The number of anilines is 1. The highest BCUT2D eigenvalue weighted by atomic mass is 32.1. The first kappa shape index (κ1) is 14.2. The molecule has 1 aliphatic carbocycles. The Morgan fingerprint density at radius 2 is 2.25 bits per heavy atom. The van der Waals surface area contributed by atoms with Crippen molar-refractivity contribution in [3.8, 4) is 0 Å². The lowest BCUT2D eigenvalue weighted by Gasteiger charge is -2.33. The van der Waals surface area contributed by atoms with Crippen LogP contribution in [0.3, 0.4) is 0 Å². The molecule has 5 nitrogen and oxygen atoms in total. The van der Waals surface area contributed by atoms with Gasteiger partial charge < -0.3 is 14.5 Å². The number of hydrogen-bond acceptors (Lipinski definition) is 6. The number of likely N-dealkylation sites (N-methyl/N-ethyl adjacent to an activating group) is 1. The number of hydrogen-bond donors (Lipinski definition) is 0. The summed E-state index contributed by atoms with van der Waals surface area (Å²) in [5.41, 5.74) is 0. The second kappa shape index (κ2) is 6.37. The zero-order chi connectivity index (χ0) is 13.9. The van der Waals surface area contributed by atoms with Crippen LogP contribution in [-0.4, -0.2) is 60.2 Å². The summed E-state index contributed by atoms with van der Waals surface area (Å²) in [6, 6.07) is 0. The number of nitrogens with zero attached hydrogens (tertiary/aromatic N) is 4. The minimum Gasteiger partial charge on any atom is -0.374 e. The molecule has 1 aromatic heterocycles. The Hall–Kier alpha value is -0.720. The molecule has 2 aliphatic rings. The van der Waals surface area contributed by atoms with Crippen LogP contribution in [0.15, 0.2) is 0 Å². The third-order valence-corrected chi connectivity index (χ3v) is 4.80. The second-order valence-corrected chi connectivity index (χ2v) is 6.68. The molecular formula is C14H24N4OS. The van der Waals surface area contributed by atoms with E-state index in [0.717, 1.165) is 56.1 Å². The highest BCUT2D eigenvalue weighted by Gasteiger charge is 2.28. The van der Waals surface area contributed by atoms with Crippen molar-refractivity contribution in [2.75, 3.05) is 44.7 Å². The molecule has 6 heteroatoms. The fraction of sp³-hybridized carbons (Fsp3) is 0.857. The van der Waals surface area contributed by atoms with E-state index in [0.29, 0.717) is 6.10 Å². The first-order chi connectivity index (χ1) is 9.74. The Labute approximate surface area is 125 Å². The average molecular weight is 296 g/mol. The van der Waals surface area contributed by atoms with Crippen molar-refractivity contribution >= 4 is 16.7 Å². The molecule has 2 heterocycles. The van der Waals surface area contributed by atoms with Gasteiger partial charge in [-0.1, -0.05) is 6.92 Å². The second-order valence-electron chi connectivity index (χ2n) is 5.95. The van der Waals surface area contributed by atoms with Crippen LogP contribution < -0.4 is 4.90 Å². The molecule has 0 radical (unpaired) electrons. The van der Waals surface area contributed by atoms with E-state index in [4.69, 9.17) is 4.74 Å². The molecule has 0 N–H and O–H groups in total. The molecule has 1 saturated carbocycles. The standard InChI is InChI=1S/C14H24N4OS/c1-3-13-15-14(20-16-13)18(8-11-4-5-11)10-12-9-17(2)6-7-19-12/h11-12H,3-10H2,1-2H3. The van der Waals surface area contributed by atoms with Crippen LogP contribution in [0.5, 0.6) is 0 Å². The third kappa shape index (κ3) is 3.68. The lowest BCUT2D eigenvalue weighted by molar-refractivity contribution is -0.0148. The fourth-order valence-electron chi connectivity index (χ4n) is 2.58. The molecule has 2 fully saturated rings. The summed E-state index contributed by atoms with van der Waals surface area (Å²) < 4.78 is 10.3. The minimum atomic E-state index is 0.293. The quantitative estimate of drug-likeness (QED) is 0.798. The molecule has 0 spiro atoms. The van der Waals surface area contributed by atoms with Gasteiger partial charge in [-0.3, -0.25) is 0 Å². The van der Waals surface area contributed by atoms with Gasteiger partial charge in [-0.15, -0.1) is 0 Å². The van der Waals surface area contributed by atoms with Crippen LogP contribution >= 0.6 is 11.5 Å². The SMILES string of the molecule is CCc1nsc(N(CC2CC2)CC2CN(C)CCO2)n1. The average Bonchev–Trinajstić information content (AvgIpc) is 3.12. The molecule has 1 atom stereocenters. The summed E-state index contributed by atoms with van der Waals surface area (Å²) >= 11 is 1.54. The van der Waals surface area contributed by atoms with Gasteiger partial charge in [-0.2, -0.15) is 4.37 Å². The van der Waals surface area contributed by atoms with Gasteiger partial charge in [-0.05, 0) is 25.8 Å². The Kier molecular flexibility index (Phi) is 4.53. The highest BCUT2D eigenvalue weighted by Crippen LogP contribution is 2.32. The summed E-state index contributed by atoms with van der Waals surface area (Å²) in [5.74, 6) is 1.82. The van der Waals surface area contributed by atoms with Crippen molar-refractivity contribution in [3.05, 3.63) is 5.82 Å². The maximum Gasteiger partial charge on any atom is 0.205 e. The highest BCUT2D eigenvalue weighted by molar-refractivity contribution is 7.09. The summed E-state index contributed by atoms with van der Waals surface area (Å²) in [7, 11) is 2.17. The summed E-state index contributed by atoms with van der Waals surface area (Å²) in [6.45, 7) is 7.06. The molecule has 20 heavy (non-hydrogen) atoms. The van der Waals surface area contributed by atoms with E-state index in [1.807, 2.05) is 0 Å². The molecule has 1 unspecified atom stereocenters. The largest absolute Gasteiger partial charge is 0.374 e. The summed E-state index contributed by atoms with van der Waals surface area (Å²) in [6.07, 6.45) is 3.93. The van der Waals surface area contributed by atoms with Gasteiger partial charge in [0, 0.05) is 44.1 Å². The first-order valence-electron chi connectivity index (χ1n) is 7.62. The molecule has 0 bridgehead atoms. The molecule has 1 saturated heterocycles. The Balaban J connectivity index is 1.65. The van der Waals surface area contributed by atoms with Crippen LogP contribution in [0.4, 0.5) is 5.13 Å². The normalized spacial score (nSPS) is 24.0.